The number of para-hydroxylation sites is 1. The lowest BCUT2D eigenvalue weighted by Gasteiger charge is -2.33. The van der Waals surface area contributed by atoms with Crippen LogP contribution in [0.3, 0.4) is 0 Å². The van der Waals surface area contributed by atoms with Crippen LogP contribution in [0.1, 0.15) is 0 Å². The van der Waals surface area contributed by atoms with E-state index in [4.69, 9.17) is 4.74 Å². The van der Waals surface area contributed by atoms with E-state index < -0.39 is 0 Å². The summed E-state index contributed by atoms with van der Waals surface area (Å²) in [6.07, 6.45) is 1.98. The third kappa shape index (κ3) is 3.96. The zero-order valence-corrected chi connectivity index (χ0v) is 12.4. The quantitative estimate of drug-likeness (QED) is 0.795. The largest absolute Gasteiger partial charge is 0.395 e. The lowest BCUT2D eigenvalue weighted by molar-refractivity contribution is -0.120. The zero-order valence-electron chi connectivity index (χ0n) is 11.5. The highest BCUT2D eigenvalue weighted by molar-refractivity contribution is 7.98. The van der Waals surface area contributed by atoms with Gasteiger partial charge in [0.15, 0.2) is 0 Å². The Kier molecular flexibility index (Phi) is 5.85. The standard InChI is InChI=1S/C14H20N2O3S/c1-20-13-5-3-2-4-12(13)15-14(18)8-16-6-7-19-10-11(16)9-17/h2-5,11,17H,6-10H2,1H3,(H,15,18). The normalized spacial score (nSPS) is 19.8. The lowest BCUT2D eigenvalue weighted by atomic mass is 10.2. The number of carbonyl (C=O) groups excluding carboxylic acids is 1. The van der Waals surface area contributed by atoms with Crippen LogP contribution in [-0.2, 0) is 9.53 Å². The molecular weight excluding hydrogens is 276 g/mol. The van der Waals surface area contributed by atoms with E-state index in [9.17, 15) is 9.90 Å². The molecule has 5 nitrogen and oxygen atoms in total. The molecule has 0 spiro atoms. The number of carbonyl (C=O) groups is 1. The Morgan fingerprint density at radius 2 is 2.35 bits per heavy atom. The fourth-order valence-corrected chi connectivity index (χ4v) is 2.74. The highest BCUT2D eigenvalue weighted by Gasteiger charge is 2.24. The predicted molar refractivity (Wildman–Crippen MR) is 80.1 cm³/mol. The van der Waals surface area contributed by atoms with E-state index in [1.54, 1.807) is 11.8 Å². The molecule has 1 fully saturated rings. The van der Waals surface area contributed by atoms with Gasteiger partial charge in [0.05, 0.1) is 38.1 Å². The average molecular weight is 296 g/mol. The zero-order chi connectivity index (χ0) is 14.4. The van der Waals surface area contributed by atoms with E-state index >= 15 is 0 Å². The number of morpholine rings is 1. The number of anilines is 1. The molecular formula is C14H20N2O3S. The molecule has 0 aliphatic carbocycles. The topological polar surface area (TPSA) is 61.8 Å². The summed E-state index contributed by atoms with van der Waals surface area (Å²) < 4.78 is 5.30. The first-order valence-electron chi connectivity index (χ1n) is 6.60. The van der Waals surface area contributed by atoms with Crippen molar-refractivity contribution in [3.8, 4) is 0 Å². The first-order chi connectivity index (χ1) is 9.74. The van der Waals surface area contributed by atoms with E-state index in [1.165, 1.54) is 0 Å². The first-order valence-corrected chi connectivity index (χ1v) is 7.82. The summed E-state index contributed by atoms with van der Waals surface area (Å²) in [6.45, 7) is 2.03. The predicted octanol–water partition coefficient (Wildman–Crippen LogP) is 1.04. The fourth-order valence-electron chi connectivity index (χ4n) is 2.19. The summed E-state index contributed by atoms with van der Waals surface area (Å²) in [5, 5.41) is 12.2. The Morgan fingerprint density at radius 1 is 1.55 bits per heavy atom. The molecule has 6 heteroatoms. The van der Waals surface area contributed by atoms with Crippen LogP contribution in [0.5, 0.6) is 0 Å². The summed E-state index contributed by atoms with van der Waals surface area (Å²) in [7, 11) is 0. The van der Waals surface area contributed by atoms with Gasteiger partial charge in [-0.3, -0.25) is 9.69 Å². The monoisotopic (exact) mass is 296 g/mol. The second-order valence-corrected chi connectivity index (χ2v) is 5.48. The lowest BCUT2D eigenvalue weighted by Crippen LogP contribution is -2.50. The highest BCUT2D eigenvalue weighted by Crippen LogP contribution is 2.24. The SMILES string of the molecule is CSc1ccccc1NC(=O)CN1CCOCC1CO. The van der Waals surface area contributed by atoms with Crippen LogP contribution >= 0.6 is 11.8 Å². The van der Waals surface area contributed by atoms with Gasteiger partial charge in [-0.15, -0.1) is 11.8 Å². The number of rotatable bonds is 5. The van der Waals surface area contributed by atoms with Crippen molar-refractivity contribution in [1.82, 2.24) is 4.90 Å². The van der Waals surface area contributed by atoms with Crippen LogP contribution in [0.4, 0.5) is 5.69 Å². The van der Waals surface area contributed by atoms with Gasteiger partial charge < -0.3 is 15.2 Å². The number of hydrogen-bond acceptors (Lipinski definition) is 5. The van der Waals surface area contributed by atoms with E-state index in [1.807, 2.05) is 35.4 Å². The number of hydrogen-bond donors (Lipinski definition) is 2. The van der Waals surface area contributed by atoms with Gasteiger partial charge >= 0.3 is 0 Å². The molecule has 0 bridgehead atoms. The molecule has 1 heterocycles. The number of benzene rings is 1. The summed E-state index contributed by atoms with van der Waals surface area (Å²) in [5.74, 6) is -0.0631. The van der Waals surface area contributed by atoms with Gasteiger partial charge in [0.25, 0.3) is 0 Å². The number of aliphatic hydroxyl groups is 1. The molecule has 2 rings (SSSR count). The summed E-state index contributed by atoms with van der Waals surface area (Å²) >= 11 is 1.60. The smallest absolute Gasteiger partial charge is 0.238 e. The minimum Gasteiger partial charge on any atom is -0.395 e. The molecule has 1 amide bonds. The Morgan fingerprint density at radius 3 is 3.10 bits per heavy atom. The van der Waals surface area contributed by atoms with Crippen molar-refractivity contribution >= 4 is 23.4 Å². The Labute approximate surface area is 123 Å². The van der Waals surface area contributed by atoms with Crippen molar-refractivity contribution < 1.29 is 14.6 Å². The van der Waals surface area contributed by atoms with Gasteiger partial charge in [-0.05, 0) is 18.4 Å². The van der Waals surface area contributed by atoms with Crippen molar-refractivity contribution in [3.05, 3.63) is 24.3 Å². The number of nitrogens with one attached hydrogen (secondary N) is 1. The maximum Gasteiger partial charge on any atom is 0.238 e. The van der Waals surface area contributed by atoms with Crippen LogP contribution in [0.2, 0.25) is 0 Å². The molecule has 1 unspecified atom stereocenters. The first kappa shape index (κ1) is 15.3. The summed E-state index contributed by atoms with van der Waals surface area (Å²) in [6, 6.07) is 7.63. The molecule has 2 N–H and O–H groups in total. The molecule has 1 atom stereocenters. The molecule has 110 valence electrons. The van der Waals surface area contributed by atoms with Crippen molar-refractivity contribution in [2.24, 2.45) is 0 Å². The number of amides is 1. The second-order valence-electron chi connectivity index (χ2n) is 4.63. The molecule has 0 saturated carbocycles. The molecule has 1 saturated heterocycles. The van der Waals surface area contributed by atoms with Gasteiger partial charge in [-0.25, -0.2) is 0 Å². The Bertz CT molecular complexity index is 456. The highest BCUT2D eigenvalue weighted by atomic mass is 32.2. The van der Waals surface area contributed by atoms with Crippen molar-refractivity contribution in [1.29, 1.82) is 0 Å². The molecule has 1 aromatic carbocycles. The average Bonchev–Trinajstić information content (AvgIpc) is 2.48. The van der Waals surface area contributed by atoms with Gasteiger partial charge in [0, 0.05) is 11.4 Å². The molecule has 0 aromatic heterocycles. The van der Waals surface area contributed by atoms with Crippen LogP contribution in [0.15, 0.2) is 29.2 Å². The number of thioether (sulfide) groups is 1. The minimum absolute atomic E-state index is 0.00861. The number of ether oxygens (including phenoxy) is 1. The summed E-state index contributed by atoms with van der Waals surface area (Å²) in [5.41, 5.74) is 0.832. The molecule has 20 heavy (non-hydrogen) atoms. The Hall–Kier alpha value is -1.08. The van der Waals surface area contributed by atoms with Crippen LogP contribution < -0.4 is 5.32 Å². The van der Waals surface area contributed by atoms with Crippen molar-refractivity contribution in [3.63, 3.8) is 0 Å². The molecule has 1 aromatic rings. The van der Waals surface area contributed by atoms with E-state index in [0.29, 0.717) is 19.8 Å². The van der Waals surface area contributed by atoms with Gasteiger partial charge in [0.1, 0.15) is 0 Å². The fraction of sp³-hybridized carbons (Fsp3) is 0.500. The summed E-state index contributed by atoms with van der Waals surface area (Å²) in [4.78, 5) is 15.1. The van der Waals surface area contributed by atoms with E-state index in [2.05, 4.69) is 5.32 Å². The maximum atomic E-state index is 12.1. The molecule has 1 aliphatic heterocycles. The van der Waals surface area contributed by atoms with E-state index in [0.717, 1.165) is 10.6 Å². The van der Waals surface area contributed by atoms with E-state index in [-0.39, 0.29) is 25.1 Å². The second kappa shape index (κ2) is 7.64. The molecule has 1 aliphatic rings. The third-order valence-electron chi connectivity index (χ3n) is 3.29. The van der Waals surface area contributed by atoms with Crippen LogP contribution in [-0.4, -0.2) is 61.1 Å². The van der Waals surface area contributed by atoms with Crippen LogP contribution in [0.25, 0.3) is 0 Å². The van der Waals surface area contributed by atoms with Crippen molar-refractivity contribution in [2.75, 3.05) is 44.5 Å². The van der Waals surface area contributed by atoms with Crippen LogP contribution in [0, 0.1) is 0 Å². The van der Waals surface area contributed by atoms with Gasteiger partial charge in [0.2, 0.25) is 5.91 Å². The molecule has 0 radical (unpaired) electrons. The maximum absolute atomic E-state index is 12.1. The Balaban J connectivity index is 1.94. The van der Waals surface area contributed by atoms with Gasteiger partial charge in [-0.1, -0.05) is 12.1 Å². The third-order valence-corrected chi connectivity index (χ3v) is 4.08. The number of aliphatic hydroxyl groups excluding tert-OH is 1. The van der Waals surface area contributed by atoms with Crippen molar-refractivity contribution in [2.45, 2.75) is 10.9 Å². The van der Waals surface area contributed by atoms with Gasteiger partial charge in [-0.2, -0.15) is 0 Å². The minimum atomic E-state index is -0.0923. The number of nitrogens with zero attached hydrogens (tertiary/aromatic N) is 1.